The number of rotatable bonds is 8. The van der Waals surface area contributed by atoms with Gasteiger partial charge in [0.05, 0.1) is 0 Å². The van der Waals surface area contributed by atoms with E-state index in [2.05, 4.69) is 19.7 Å². The van der Waals surface area contributed by atoms with Crippen LogP contribution in [0.1, 0.15) is 44.4 Å². The third-order valence-corrected chi connectivity index (χ3v) is 6.42. The number of carbonyl (C=O) groups excluding carboxylic acids is 3. The van der Waals surface area contributed by atoms with Crippen LogP contribution < -0.4 is 9.47 Å². The molecule has 0 radical (unpaired) electrons. The van der Waals surface area contributed by atoms with Crippen LogP contribution in [0.4, 0.5) is 4.39 Å². The molecule has 1 aliphatic carbocycles. The minimum Gasteiger partial charge on any atom is -0.454 e. The van der Waals surface area contributed by atoms with E-state index in [0.717, 1.165) is 23.1 Å². The van der Waals surface area contributed by atoms with Gasteiger partial charge in [-0.15, -0.1) is 0 Å². The van der Waals surface area contributed by atoms with Gasteiger partial charge >= 0.3 is 17.9 Å². The van der Waals surface area contributed by atoms with E-state index < -0.39 is 23.7 Å². The molecule has 0 N–H and O–H groups in total. The molecule has 0 saturated heterocycles. The summed E-state index contributed by atoms with van der Waals surface area (Å²) in [5, 5.41) is 0. The van der Waals surface area contributed by atoms with E-state index in [0.29, 0.717) is 23.1 Å². The second-order valence-electron chi connectivity index (χ2n) is 9.82. The molecule has 3 aromatic rings. The molecule has 3 aromatic carbocycles. The quantitative estimate of drug-likeness (QED) is 0.170. The van der Waals surface area contributed by atoms with E-state index in [4.69, 9.17) is 14.2 Å². The predicted molar refractivity (Wildman–Crippen MR) is 150 cm³/mol. The van der Waals surface area contributed by atoms with Gasteiger partial charge in [-0.1, -0.05) is 50.1 Å². The van der Waals surface area contributed by atoms with Crippen LogP contribution in [0.3, 0.4) is 0 Å². The summed E-state index contributed by atoms with van der Waals surface area (Å²) in [5.74, 6) is -2.18. The third kappa shape index (κ3) is 6.10. The van der Waals surface area contributed by atoms with Crippen molar-refractivity contribution in [3.05, 3.63) is 108 Å². The van der Waals surface area contributed by atoms with Crippen molar-refractivity contribution in [1.29, 1.82) is 0 Å². The minimum absolute atomic E-state index is 0.0135. The van der Waals surface area contributed by atoms with Crippen molar-refractivity contribution in [2.24, 2.45) is 0 Å². The van der Waals surface area contributed by atoms with Crippen molar-refractivity contribution in [3.63, 3.8) is 0 Å². The molecule has 0 amide bonds. The van der Waals surface area contributed by atoms with Crippen molar-refractivity contribution >= 4 is 17.9 Å². The van der Waals surface area contributed by atoms with Crippen LogP contribution in [0.15, 0.2) is 91.1 Å². The van der Waals surface area contributed by atoms with Gasteiger partial charge < -0.3 is 14.2 Å². The summed E-state index contributed by atoms with van der Waals surface area (Å²) in [7, 11) is 0. The van der Waals surface area contributed by atoms with E-state index in [1.54, 1.807) is 19.1 Å². The normalized spacial score (nSPS) is 13.7. The topological polar surface area (TPSA) is 78.9 Å². The predicted octanol–water partition coefficient (Wildman–Crippen LogP) is 7.23. The summed E-state index contributed by atoms with van der Waals surface area (Å²) in [6.07, 6.45) is 1.08. The van der Waals surface area contributed by atoms with Crippen molar-refractivity contribution in [2.45, 2.75) is 39.7 Å². The number of hydrogen-bond acceptors (Lipinski definition) is 6. The van der Waals surface area contributed by atoms with Crippen molar-refractivity contribution in [2.75, 3.05) is 0 Å². The Morgan fingerprint density at radius 3 is 2.00 bits per heavy atom. The summed E-state index contributed by atoms with van der Waals surface area (Å²) in [5.41, 5.74) is 4.62. The van der Waals surface area contributed by atoms with Gasteiger partial charge in [-0.2, -0.15) is 0 Å². The second-order valence-corrected chi connectivity index (χ2v) is 9.82. The second kappa shape index (κ2) is 11.5. The van der Waals surface area contributed by atoms with Crippen LogP contribution in [0, 0.1) is 5.82 Å². The lowest BCUT2D eigenvalue weighted by molar-refractivity contribution is -0.144. The first-order valence-corrected chi connectivity index (χ1v) is 12.6. The highest BCUT2D eigenvalue weighted by Crippen LogP contribution is 2.39. The maximum atomic E-state index is 15.5. The number of aryl methyl sites for hydroxylation is 1. The van der Waals surface area contributed by atoms with E-state index in [1.165, 1.54) is 38.1 Å². The van der Waals surface area contributed by atoms with Crippen LogP contribution in [-0.4, -0.2) is 17.9 Å². The van der Waals surface area contributed by atoms with E-state index >= 15 is 4.39 Å². The molecule has 0 spiro atoms. The Morgan fingerprint density at radius 2 is 1.35 bits per heavy atom. The van der Waals surface area contributed by atoms with Crippen LogP contribution in [-0.2, 0) is 25.5 Å². The minimum atomic E-state index is -0.702. The fraction of sp³-hybridized carbons (Fsp3) is 0.182. The Morgan fingerprint density at radius 1 is 0.750 bits per heavy atom. The number of ether oxygens (including phenoxy) is 3. The average molecular weight is 541 g/mol. The summed E-state index contributed by atoms with van der Waals surface area (Å²) in [4.78, 5) is 36.2. The smallest absolute Gasteiger partial charge is 0.338 e. The Kier molecular flexibility index (Phi) is 8.14. The van der Waals surface area contributed by atoms with Crippen molar-refractivity contribution < 1.29 is 33.0 Å². The molecule has 1 aliphatic rings. The molecule has 7 heteroatoms. The maximum Gasteiger partial charge on any atom is 0.338 e. The number of esters is 3. The summed E-state index contributed by atoms with van der Waals surface area (Å²) in [6, 6.07) is 14.9. The Balaban J connectivity index is 1.65. The SMILES string of the molecule is C=C(C)C(=O)Oc1ccc(-c2ccc(-c3ccc4c(c3)CCC4OC(=O)C(=C)C)cc2F)c(OC(=O)C(=C)C)c1. The first kappa shape index (κ1) is 28.2. The molecule has 1 unspecified atom stereocenters. The molecule has 204 valence electrons. The Bertz CT molecular complexity index is 1580. The van der Waals surface area contributed by atoms with E-state index in [-0.39, 0.29) is 34.3 Å². The molecule has 4 rings (SSSR count). The first-order chi connectivity index (χ1) is 18.9. The fourth-order valence-corrected chi connectivity index (χ4v) is 4.28. The Hall–Kier alpha value is -4.78. The zero-order chi connectivity index (χ0) is 29.1. The lowest BCUT2D eigenvalue weighted by atomic mass is 9.96. The lowest BCUT2D eigenvalue weighted by Gasteiger charge is -2.15. The molecule has 0 aliphatic heterocycles. The van der Waals surface area contributed by atoms with Gasteiger partial charge in [0, 0.05) is 33.9 Å². The van der Waals surface area contributed by atoms with Crippen molar-refractivity contribution in [1.82, 2.24) is 0 Å². The largest absolute Gasteiger partial charge is 0.454 e. The highest BCUT2D eigenvalue weighted by atomic mass is 19.1. The standard InChI is InChI=1S/C33H29FO6/c1-18(2)31(35)38-24-10-13-27(30(17-24)40-33(37)20(5)6)26-12-8-22(16-28(26)34)21-7-11-25-23(15-21)9-14-29(25)39-32(36)19(3)4/h7-8,10-13,15-17,29H,1,3,5,9,14H2,2,4,6H3. The fourth-order valence-electron chi connectivity index (χ4n) is 4.28. The van der Waals surface area contributed by atoms with E-state index in [1.807, 2.05) is 18.2 Å². The molecule has 0 saturated carbocycles. The zero-order valence-corrected chi connectivity index (χ0v) is 22.6. The summed E-state index contributed by atoms with van der Waals surface area (Å²) < 4.78 is 31.8. The average Bonchev–Trinajstić information content (AvgIpc) is 3.30. The molecule has 0 bridgehead atoms. The highest BCUT2D eigenvalue weighted by Gasteiger charge is 2.26. The lowest BCUT2D eigenvalue weighted by Crippen LogP contribution is -2.11. The molecular weight excluding hydrogens is 511 g/mol. The zero-order valence-electron chi connectivity index (χ0n) is 22.6. The highest BCUT2D eigenvalue weighted by molar-refractivity contribution is 5.91. The first-order valence-electron chi connectivity index (χ1n) is 12.6. The Labute approximate surface area is 232 Å². The number of carbonyl (C=O) groups is 3. The number of fused-ring (bicyclic) bond motifs is 1. The molecular formula is C33H29FO6. The van der Waals surface area contributed by atoms with Crippen LogP contribution >= 0.6 is 0 Å². The molecule has 6 nitrogen and oxygen atoms in total. The molecule has 0 fully saturated rings. The summed E-state index contributed by atoms with van der Waals surface area (Å²) >= 11 is 0. The number of hydrogen-bond donors (Lipinski definition) is 0. The molecule has 1 atom stereocenters. The van der Waals surface area contributed by atoms with Gasteiger partial charge in [0.25, 0.3) is 0 Å². The molecule has 0 aromatic heterocycles. The van der Waals surface area contributed by atoms with Gasteiger partial charge in [0.1, 0.15) is 23.4 Å². The van der Waals surface area contributed by atoms with Gasteiger partial charge in [0.2, 0.25) is 0 Å². The van der Waals surface area contributed by atoms with Gasteiger partial charge in [-0.25, -0.2) is 18.8 Å². The van der Waals surface area contributed by atoms with Gasteiger partial charge in [0.15, 0.2) is 0 Å². The molecule has 0 heterocycles. The van der Waals surface area contributed by atoms with E-state index in [9.17, 15) is 14.4 Å². The van der Waals surface area contributed by atoms with Crippen LogP contribution in [0.25, 0.3) is 22.3 Å². The number of benzene rings is 3. The molecule has 40 heavy (non-hydrogen) atoms. The maximum absolute atomic E-state index is 15.5. The third-order valence-electron chi connectivity index (χ3n) is 6.42. The van der Waals surface area contributed by atoms with Crippen LogP contribution in [0.5, 0.6) is 11.5 Å². The van der Waals surface area contributed by atoms with Gasteiger partial charge in [-0.3, -0.25) is 0 Å². The van der Waals surface area contributed by atoms with Crippen molar-refractivity contribution in [3.8, 4) is 33.8 Å². The number of halogens is 1. The monoisotopic (exact) mass is 540 g/mol. The summed E-state index contributed by atoms with van der Waals surface area (Å²) in [6.45, 7) is 15.4. The van der Waals surface area contributed by atoms with Gasteiger partial charge in [-0.05, 0) is 74.1 Å². The van der Waals surface area contributed by atoms with Crippen LogP contribution in [0.2, 0.25) is 0 Å².